The van der Waals surface area contributed by atoms with Crippen LogP contribution in [-0.2, 0) is 9.53 Å². The van der Waals surface area contributed by atoms with Crippen molar-refractivity contribution in [3.63, 3.8) is 0 Å². The van der Waals surface area contributed by atoms with E-state index in [1.165, 1.54) is 11.8 Å². The van der Waals surface area contributed by atoms with Crippen molar-refractivity contribution in [2.75, 3.05) is 31.2 Å². The zero-order chi connectivity index (χ0) is 11.3. The van der Waals surface area contributed by atoms with Crippen LogP contribution in [0.5, 0.6) is 0 Å². The van der Waals surface area contributed by atoms with Crippen LogP contribution in [0.2, 0.25) is 0 Å². The molecule has 1 atom stereocenters. The van der Waals surface area contributed by atoms with Crippen molar-refractivity contribution in [2.24, 2.45) is 0 Å². The van der Waals surface area contributed by atoms with E-state index in [-0.39, 0.29) is 11.9 Å². The molecule has 1 saturated heterocycles. The summed E-state index contributed by atoms with van der Waals surface area (Å²) < 4.78 is 5.58. The van der Waals surface area contributed by atoms with Crippen LogP contribution in [0.4, 0.5) is 0 Å². The normalized spacial score (nSPS) is 23.3. The molecular weight excluding hydrogens is 214 g/mol. The van der Waals surface area contributed by atoms with Gasteiger partial charge in [0, 0.05) is 24.9 Å². The molecule has 0 aromatic rings. The first-order chi connectivity index (χ1) is 7.09. The molecule has 0 saturated carbocycles. The van der Waals surface area contributed by atoms with E-state index in [0.717, 1.165) is 25.4 Å². The molecule has 0 aromatic carbocycles. The standard InChI is InChI=1S/C10H19NO3S/c1-8(2)11-3-4-14-9(5-11)6-15-7-10(12)13/h8-9H,3-7H2,1-2H3,(H,12,13). The molecule has 15 heavy (non-hydrogen) atoms. The molecule has 1 fully saturated rings. The topological polar surface area (TPSA) is 49.8 Å². The minimum absolute atomic E-state index is 0.168. The predicted molar refractivity (Wildman–Crippen MR) is 61.4 cm³/mol. The van der Waals surface area contributed by atoms with E-state index in [2.05, 4.69) is 18.7 Å². The largest absolute Gasteiger partial charge is 0.481 e. The van der Waals surface area contributed by atoms with Gasteiger partial charge < -0.3 is 9.84 Å². The van der Waals surface area contributed by atoms with E-state index in [1.807, 2.05) is 0 Å². The highest BCUT2D eigenvalue weighted by atomic mass is 32.2. The zero-order valence-electron chi connectivity index (χ0n) is 9.31. The van der Waals surface area contributed by atoms with Crippen LogP contribution >= 0.6 is 11.8 Å². The lowest BCUT2D eigenvalue weighted by molar-refractivity contribution is -0.133. The van der Waals surface area contributed by atoms with Crippen molar-refractivity contribution < 1.29 is 14.6 Å². The Kier molecular flexibility index (Phi) is 5.42. The average molecular weight is 233 g/mol. The second kappa shape index (κ2) is 6.35. The van der Waals surface area contributed by atoms with Crippen LogP contribution in [0.1, 0.15) is 13.8 Å². The fraction of sp³-hybridized carbons (Fsp3) is 0.900. The van der Waals surface area contributed by atoms with Gasteiger partial charge in [0.25, 0.3) is 0 Å². The molecular formula is C10H19NO3S. The van der Waals surface area contributed by atoms with Crippen LogP contribution in [0.15, 0.2) is 0 Å². The summed E-state index contributed by atoms with van der Waals surface area (Å²) in [5, 5.41) is 8.51. The van der Waals surface area contributed by atoms with Crippen molar-refractivity contribution in [3.05, 3.63) is 0 Å². The third-order valence-corrected chi connectivity index (χ3v) is 3.49. The van der Waals surface area contributed by atoms with Gasteiger partial charge in [0.2, 0.25) is 0 Å². The third kappa shape index (κ3) is 4.86. The van der Waals surface area contributed by atoms with Gasteiger partial charge >= 0.3 is 5.97 Å². The highest BCUT2D eigenvalue weighted by Gasteiger charge is 2.22. The number of hydrogen-bond donors (Lipinski definition) is 1. The van der Waals surface area contributed by atoms with Crippen LogP contribution in [0.25, 0.3) is 0 Å². The van der Waals surface area contributed by atoms with Gasteiger partial charge in [0.15, 0.2) is 0 Å². The SMILES string of the molecule is CC(C)N1CCOC(CSCC(=O)O)C1. The molecule has 0 radical (unpaired) electrons. The van der Waals surface area contributed by atoms with Gasteiger partial charge in [-0.1, -0.05) is 0 Å². The van der Waals surface area contributed by atoms with E-state index in [0.29, 0.717) is 6.04 Å². The van der Waals surface area contributed by atoms with Crippen LogP contribution in [-0.4, -0.2) is 59.3 Å². The molecule has 1 aliphatic rings. The molecule has 0 spiro atoms. The fourth-order valence-corrected chi connectivity index (χ4v) is 2.35. The number of carbonyl (C=O) groups is 1. The van der Waals surface area contributed by atoms with E-state index in [9.17, 15) is 4.79 Å². The average Bonchev–Trinajstić information content (AvgIpc) is 2.17. The highest BCUT2D eigenvalue weighted by Crippen LogP contribution is 2.13. The summed E-state index contributed by atoms with van der Waals surface area (Å²) >= 11 is 1.43. The first-order valence-electron chi connectivity index (χ1n) is 5.24. The molecule has 88 valence electrons. The number of thioether (sulfide) groups is 1. The molecule has 0 aromatic heterocycles. The Bertz CT molecular complexity index is 211. The summed E-state index contributed by atoms with van der Waals surface area (Å²) in [6.45, 7) is 7.01. The van der Waals surface area contributed by atoms with Crippen molar-refractivity contribution >= 4 is 17.7 Å². The Morgan fingerprint density at radius 3 is 3.00 bits per heavy atom. The third-order valence-electron chi connectivity index (χ3n) is 2.43. The van der Waals surface area contributed by atoms with E-state index >= 15 is 0 Å². The lowest BCUT2D eigenvalue weighted by atomic mass is 10.2. The number of hydrogen-bond acceptors (Lipinski definition) is 4. The summed E-state index contributed by atoms with van der Waals surface area (Å²) in [6, 6.07) is 0.542. The maximum Gasteiger partial charge on any atom is 0.313 e. The summed E-state index contributed by atoms with van der Waals surface area (Å²) in [5.74, 6) is 0.188. The van der Waals surface area contributed by atoms with Crippen molar-refractivity contribution in [2.45, 2.75) is 26.0 Å². The molecule has 1 aliphatic heterocycles. The van der Waals surface area contributed by atoms with Crippen LogP contribution in [0, 0.1) is 0 Å². The molecule has 0 amide bonds. The molecule has 5 heteroatoms. The molecule has 1 unspecified atom stereocenters. The Labute approximate surface area is 95.0 Å². The van der Waals surface area contributed by atoms with Gasteiger partial charge in [-0.05, 0) is 13.8 Å². The fourth-order valence-electron chi connectivity index (χ4n) is 1.59. The summed E-state index contributed by atoms with van der Waals surface area (Å²) in [4.78, 5) is 12.7. The van der Waals surface area contributed by atoms with E-state index in [1.54, 1.807) is 0 Å². The zero-order valence-corrected chi connectivity index (χ0v) is 10.1. The Hall–Kier alpha value is -0.260. The molecule has 0 aliphatic carbocycles. The van der Waals surface area contributed by atoms with Crippen LogP contribution in [0.3, 0.4) is 0 Å². The Balaban J connectivity index is 2.21. The number of ether oxygens (including phenoxy) is 1. The number of aliphatic carboxylic acids is 1. The first kappa shape index (κ1) is 12.8. The van der Waals surface area contributed by atoms with Crippen molar-refractivity contribution in [1.29, 1.82) is 0 Å². The maximum absolute atomic E-state index is 10.3. The number of rotatable bonds is 5. The summed E-state index contributed by atoms with van der Waals surface area (Å²) in [6.07, 6.45) is 0.186. The number of morpholine rings is 1. The first-order valence-corrected chi connectivity index (χ1v) is 6.40. The minimum Gasteiger partial charge on any atom is -0.481 e. The quantitative estimate of drug-likeness (QED) is 0.765. The maximum atomic E-state index is 10.3. The number of carboxylic acids is 1. The lowest BCUT2D eigenvalue weighted by Gasteiger charge is -2.35. The highest BCUT2D eigenvalue weighted by molar-refractivity contribution is 7.99. The van der Waals surface area contributed by atoms with Gasteiger partial charge in [0.05, 0.1) is 18.5 Å². The second-order valence-electron chi connectivity index (χ2n) is 3.99. The van der Waals surface area contributed by atoms with Gasteiger partial charge in [-0.2, -0.15) is 0 Å². The van der Waals surface area contributed by atoms with Crippen molar-refractivity contribution in [3.8, 4) is 0 Å². The summed E-state index contributed by atoms with van der Waals surface area (Å²) in [7, 11) is 0. The Morgan fingerprint density at radius 1 is 1.67 bits per heavy atom. The molecule has 1 N–H and O–H groups in total. The molecule has 1 heterocycles. The second-order valence-corrected chi connectivity index (χ2v) is 5.02. The van der Waals surface area contributed by atoms with E-state index in [4.69, 9.17) is 9.84 Å². The van der Waals surface area contributed by atoms with E-state index < -0.39 is 5.97 Å². The minimum atomic E-state index is -0.753. The van der Waals surface area contributed by atoms with Gasteiger partial charge in [-0.25, -0.2) is 0 Å². The van der Waals surface area contributed by atoms with Crippen LogP contribution < -0.4 is 0 Å². The smallest absolute Gasteiger partial charge is 0.313 e. The lowest BCUT2D eigenvalue weighted by Crippen LogP contribution is -2.46. The summed E-state index contributed by atoms with van der Waals surface area (Å²) in [5.41, 5.74) is 0. The molecule has 0 bridgehead atoms. The predicted octanol–water partition coefficient (Wildman–Crippen LogP) is 0.913. The number of nitrogens with zero attached hydrogens (tertiary/aromatic N) is 1. The van der Waals surface area contributed by atoms with Gasteiger partial charge in [-0.15, -0.1) is 11.8 Å². The monoisotopic (exact) mass is 233 g/mol. The Morgan fingerprint density at radius 2 is 2.40 bits per heavy atom. The molecule has 4 nitrogen and oxygen atoms in total. The van der Waals surface area contributed by atoms with Gasteiger partial charge in [0.1, 0.15) is 0 Å². The van der Waals surface area contributed by atoms with Gasteiger partial charge in [-0.3, -0.25) is 9.69 Å². The molecule has 1 rings (SSSR count). The number of carboxylic acid groups (broad SMARTS) is 1. The van der Waals surface area contributed by atoms with Crippen molar-refractivity contribution in [1.82, 2.24) is 4.90 Å².